The molecule has 0 spiro atoms. The number of likely N-dealkylation sites (N-methyl/N-ethyl adjacent to an activating group) is 2. The van der Waals surface area contributed by atoms with Gasteiger partial charge in [-0.3, -0.25) is 0 Å². The van der Waals surface area contributed by atoms with Crippen molar-refractivity contribution in [2.75, 3.05) is 33.3 Å². The van der Waals surface area contributed by atoms with Crippen molar-refractivity contribution in [1.82, 2.24) is 10.2 Å². The Labute approximate surface area is 101 Å². The lowest BCUT2D eigenvalue weighted by Crippen LogP contribution is -2.42. The van der Waals surface area contributed by atoms with Crippen molar-refractivity contribution in [1.29, 1.82) is 0 Å². The monoisotopic (exact) mass is 228 g/mol. The quantitative estimate of drug-likeness (QED) is 0.720. The lowest BCUT2D eigenvalue weighted by atomic mass is 10.1. The SMILES string of the molecule is CCNC(CC)CN(C)CC1CCCCO1. The van der Waals surface area contributed by atoms with Gasteiger partial charge in [-0.2, -0.15) is 0 Å². The van der Waals surface area contributed by atoms with Gasteiger partial charge in [0.15, 0.2) is 0 Å². The molecule has 3 nitrogen and oxygen atoms in total. The summed E-state index contributed by atoms with van der Waals surface area (Å²) in [7, 11) is 2.21. The van der Waals surface area contributed by atoms with Crippen molar-refractivity contribution >= 4 is 0 Å². The second-order valence-corrected chi connectivity index (χ2v) is 4.87. The van der Waals surface area contributed by atoms with Crippen molar-refractivity contribution in [3.63, 3.8) is 0 Å². The molecule has 1 aliphatic rings. The molecule has 1 rings (SSSR count). The predicted octanol–water partition coefficient (Wildman–Crippen LogP) is 1.88. The van der Waals surface area contributed by atoms with Crippen LogP contribution >= 0.6 is 0 Å². The van der Waals surface area contributed by atoms with Crippen LogP contribution in [0, 0.1) is 0 Å². The summed E-state index contributed by atoms with van der Waals surface area (Å²) in [5.74, 6) is 0. The fourth-order valence-corrected chi connectivity index (χ4v) is 2.38. The number of ether oxygens (including phenoxy) is 1. The summed E-state index contributed by atoms with van der Waals surface area (Å²) in [6.45, 7) is 8.66. The van der Waals surface area contributed by atoms with Crippen molar-refractivity contribution < 1.29 is 4.74 Å². The van der Waals surface area contributed by atoms with E-state index in [0.29, 0.717) is 12.1 Å². The Morgan fingerprint density at radius 2 is 2.19 bits per heavy atom. The summed E-state index contributed by atoms with van der Waals surface area (Å²) in [4.78, 5) is 2.41. The minimum absolute atomic E-state index is 0.470. The van der Waals surface area contributed by atoms with Gasteiger partial charge in [-0.05, 0) is 39.3 Å². The molecule has 0 bridgehead atoms. The fraction of sp³-hybridized carbons (Fsp3) is 1.00. The Morgan fingerprint density at radius 3 is 2.75 bits per heavy atom. The van der Waals surface area contributed by atoms with Gasteiger partial charge in [-0.25, -0.2) is 0 Å². The lowest BCUT2D eigenvalue weighted by molar-refractivity contribution is -0.00261. The first-order valence-corrected chi connectivity index (χ1v) is 6.79. The van der Waals surface area contributed by atoms with Gasteiger partial charge < -0.3 is 15.0 Å². The first kappa shape index (κ1) is 13.9. The van der Waals surface area contributed by atoms with Gasteiger partial charge in [-0.15, -0.1) is 0 Å². The molecule has 0 saturated carbocycles. The average molecular weight is 228 g/mol. The first-order valence-electron chi connectivity index (χ1n) is 6.79. The van der Waals surface area contributed by atoms with Crippen LogP contribution in [0.1, 0.15) is 39.5 Å². The van der Waals surface area contributed by atoms with Crippen LogP contribution in [0.15, 0.2) is 0 Å². The van der Waals surface area contributed by atoms with Gasteiger partial charge in [-0.1, -0.05) is 13.8 Å². The standard InChI is InChI=1S/C13H28N2O/c1-4-12(14-5-2)10-15(3)11-13-8-6-7-9-16-13/h12-14H,4-11H2,1-3H3. The molecule has 16 heavy (non-hydrogen) atoms. The molecular formula is C13H28N2O. The van der Waals surface area contributed by atoms with E-state index in [4.69, 9.17) is 4.74 Å². The van der Waals surface area contributed by atoms with E-state index in [-0.39, 0.29) is 0 Å². The van der Waals surface area contributed by atoms with Crippen LogP contribution in [0.25, 0.3) is 0 Å². The molecule has 1 saturated heterocycles. The Hall–Kier alpha value is -0.120. The highest BCUT2D eigenvalue weighted by Crippen LogP contribution is 2.13. The molecule has 96 valence electrons. The molecule has 2 atom stereocenters. The van der Waals surface area contributed by atoms with Gasteiger partial charge >= 0.3 is 0 Å². The molecule has 0 aromatic heterocycles. The predicted molar refractivity (Wildman–Crippen MR) is 68.8 cm³/mol. The van der Waals surface area contributed by atoms with E-state index in [1.165, 1.54) is 25.7 Å². The third-order valence-electron chi connectivity index (χ3n) is 3.31. The van der Waals surface area contributed by atoms with Crippen molar-refractivity contribution in [2.45, 2.75) is 51.7 Å². The van der Waals surface area contributed by atoms with E-state index >= 15 is 0 Å². The summed E-state index contributed by atoms with van der Waals surface area (Å²) in [6, 6.07) is 0.624. The number of nitrogens with one attached hydrogen (secondary N) is 1. The van der Waals surface area contributed by atoms with Gasteiger partial charge in [0.2, 0.25) is 0 Å². The van der Waals surface area contributed by atoms with Crippen LogP contribution in [-0.4, -0.2) is 50.3 Å². The fourth-order valence-electron chi connectivity index (χ4n) is 2.38. The topological polar surface area (TPSA) is 24.5 Å². The minimum atomic E-state index is 0.470. The van der Waals surface area contributed by atoms with Crippen LogP contribution in [-0.2, 0) is 4.74 Å². The molecule has 1 fully saturated rings. The largest absolute Gasteiger partial charge is 0.377 e. The maximum atomic E-state index is 5.76. The molecular weight excluding hydrogens is 200 g/mol. The molecule has 0 radical (unpaired) electrons. The third-order valence-corrected chi connectivity index (χ3v) is 3.31. The molecule has 0 aromatic carbocycles. The van der Waals surface area contributed by atoms with Gasteiger partial charge in [0.05, 0.1) is 6.10 Å². The zero-order valence-corrected chi connectivity index (χ0v) is 11.2. The van der Waals surface area contributed by atoms with E-state index in [9.17, 15) is 0 Å². The minimum Gasteiger partial charge on any atom is -0.377 e. The van der Waals surface area contributed by atoms with Crippen molar-refractivity contribution in [3.05, 3.63) is 0 Å². The lowest BCUT2D eigenvalue weighted by Gasteiger charge is -2.29. The number of hydrogen-bond donors (Lipinski definition) is 1. The van der Waals surface area contributed by atoms with Gasteiger partial charge in [0, 0.05) is 25.7 Å². The summed E-state index contributed by atoms with van der Waals surface area (Å²) >= 11 is 0. The van der Waals surface area contributed by atoms with Gasteiger partial charge in [0.1, 0.15) is 0 Å². The van der Waals surface area contributed by atoms with E-state index in [1.54, 1.807) is 0 Å². The zero-order chi connectivity index (χ0) is 11.8. The maximum absolute atomic E-state index is 5.76. The first-order chi connectivity index (χ1) is 7.76. The third kappa shape index (κ3) is 5.28. The molecule has 1 heterocycles. The smallest absolute Gasteiger partial charge is 0.0701 e. The molecule has 0 aliphatic carbocycles. The van der Waals surface area contributed by atoms with Crippen molar-refractivity contribution in [2.24, 2.45) is 0 Å². The zero-order valence-electron chi connectivity index (χ0n) is 11.2. The Bertz CT molecular complexity index is 163. The highest BCUT2D eigenvalue weighted by molar-refractivity contribution is 4.72. The number of hydrogen-bond acceptors (Lipinski definition) is 3. The molecule has 3 heteroatoms. The van der Waals surface area contributed by atoms with E-state index in [1.807, 2.05) is 0 Å². The number of rotatable bonds is 7. The Morgan fingerprint density at radius 1 is 1.38 bits per heavy atom. The molecule has 1 aliphatic heterocycles. The van der Waals surface area contributed by atoms with Crippen LogP contribution in [0.3, 0.4) is 0 Å². The van der Waals surface area contributed by atoms with Crippen LogP contribution in [0.2, 0.25) is 0 Å². The van der Waals surface area contributed by atoms with Crippen LogP contribution in [0.4, 0.5) is 0 Å². The highest BCUT2D eigenvalue weighted by Gasteiger charge is 2.17. The summed E-state index contributed by atoms with van der Waals surface area (Å²) in [5.41, 5.74) is 0. The van der Waals surface area contributed by atoms with E-state index in [2.05, 4.69) is 31.1 Å². The molecule has 1 N–H and O–H groups in total. The van der Waals surface area contributed by atoms with Crippen LogP contribution < -0.4 is 5.32 Å². The Kier molecular flexibility index (Phi) is 7.01. The summed E-state index contributed by atoms with van der Waals surface area (Å²) in [5, 5.41) is 3.52. The normalized spacial score (nSPS) is 23.6. The maximum Gasteiger partial charge on any atom is 0.0701 e. The Balaban J connectivity index is 2.19. The second kappa shape index (κ2) is 8.04. The highest BCUT2D eigenvalue weighted by atomic mass is 16.5. The van der Waals surface area contributed by atoms with Crippen molar-refractivity contribution in [3.8, 4) is 0 Å². The van der Waals surface area contributed by atoms with Gasteiger partial charge in [0.25, 0.3) is 0 Å². The molecule has 0 amide bonds. The number of nitrogens with zero attached hydrogens (tertiary/aromatic N) is 1. The summed E-state index contributed by atoms with van der Waals surface area (Å²) < 4.78 is 5.76. The average Bonchev–Trinajstić information content (AvgIpc) is 2.29. The van der Waals surface area contributed by atoms with E-state index in [0.717, 1.165) is 26.2 Å². The molecule has 2 unspecified atom stereocenters. The molecule has 0 aromatic rings. The second-order valence-electron chi connectivity index (χ2n) is 4.87. The van der Waals surface area contributed by atoms with Crippen LogP contribution in [0.5, 0.6) is 0 Å². The van der Waals surface area contributed by atoms with E-state index < -0.39 is 0 Å². The summed E-state index contributed by atoms with van der Waals surface area (Å²) in [6.07, 6.45) is 5.49.